The minimum absolute atomic E-state index is 0.0562. The predicted molar refractivity (Wildman–Crippen MR) is 129 cm³/mol. The Morgan fingerprint density at radius 1 is 0.971 bits per heavy atom. The van der Waals surface area contributed by atoms with Gasteiger partial charge in [-0.05, 0) is 42.0 Å². The number of nitrogens with one attached hydrogen (secondary N) is 1. The van der Waals surface area contributed by atoms with Crippen molar-refractivity contribution in [3.63, 3.8) is 0 Å². The molecule has 0 spiro atoms. The van der Waals surface area contributed by atoms with Gasteiger partial charge in [0.2, 0.25) is 0 Å². The van der Waals surface area contributed by atoms with Crippen LogP contribution in [0.4, 0.5) is 14.5 Å². The number of hydrogen-bond donors (Lipinski definition) is 2. The van der Waals surface area contributed by atoms with Crippen molar-refractivity contribution in [2.45, 2.75) is 25.2 Å². The Labute approximate surface area is 204 Å². The molecule has 0 saturated heterocycles. The van der Waals surface area contributed by atoms with Crippen LogP contribution in [0.5, 0.6) is 0 Å². The van der Waals surface area contributed by atoms with Crippen molar-refractivity contribution in [1.29, 1.82) is 0 Å². The molecule has 178 valence electrons. The fourth-order valence-corrected chi connectivity index (χ4v) is 4.17. The zero-order chi connectivity index (χ0) is 24.4. The summed E-state index contributed by atoms with van der Waals surface area (Å²) in [5.41, 5.74) is 0.913. The molecule has 7 nitrogen and oxygen atoms in total. The van der Waals surface area contributed by atoms with E-state index in [0.29, 0.717) is 11.6 Å². The van der Waals surface area contributed by atoms with Crippen molar-refractivity contribution < 1.29 is 13.9 Å². The average Bonchev–Trinajstić information content (AvgIpc) is 3.48. The third-order valence-corrected chi connectivity index (χ3v) is 6.04. The molecule has 0 saturated carbocycles. The lowest BCUT2D eigenvalue weighted by Crippen LogP contribution is -2.37. The van der Waals surface area contributed by atoms with Gasteiger partial charge in [-0.25, -0.2) is 18.4 Å². The number of anilines is 1. The maximum Gasteiger partial charge on any atom is 0.137 e. The molecule has 0 bridgehead atoms. The predicted octanol–water partition coefficient (Wildman–Crippen LogP) is 4.76. The smallest absolute Gasteiger partial charge is 0.137 e. The van der Waals surface area contributed by atoms with Crippen molar-refractivity contribution in [3.8, 4) is 0 Å². The molecule has 2 aromatic heterocycles. The summed E-state index contributed by atoms with van der Waals surface area (Å²) in [6.45, 7) is 0.437. The number of fused-ring (bicyclic) bond motifs is 1. The molecule has 0 amide bonds. The number of aromatic nitrogens is 5. The molecular formula is C25H21ClF2N6O. The van der Waals surface area contributed by atoms with Crippen LogP contribution >= 0.6 is 11.6 Å². The summed E-state index contributed by atoms with van der Waals surface area (Å²) in [5.74, 6) is -1.57. The second kappa shape index (κ2) is 9.44. The summed E-state index contributed by atoms with van der Waals surface area (Å²) < 4.78 is 31.3. The fraction of sp³-hybridized carbons (Fsp3) is 0.160. The second-order valence-electron chi connectivity index (χ2n) is 8.30. The molecule has 2 heterocycles. The number of benzene rings is 3. The summed E-state index contributed by atoms with van der Waals surface area (Å²) in [6, 6.07) is 16.4. The highest BCUT2D eigenvalue weighted by Crippen LogP contribution is 2.30. The highest BCUT2D eigenvalue weighted by Gasteiger charge is 2.35. The minimum Gasteiger partial charge on any atom is -0.381 e. The Kier molecular flexibility index (Phi) is 6.19. The Morgan fingerprint density at radius 3 is 2.54 bits per heavy atom. The summed E-state index contributed by atoms with van der Waals surface area (Å²) in [6.07, 6.45) is 4.43. The topological polar surface area (TPSA) is 80.8 Å². The molecule has 0 radical (unpaired) electrons. The first-order valence-corrected chi connectivity index (χ1v) is 11.2. The quantitative estimate of drug-likeness (QED) is 0.325. The van der Waals surface area contributed by atoms with Crippen LogP contribution in [0.1, 0.15) is 11.1 Å². The van der Waals surface area contributed by atoms with Gasteiger partial charge in [0.05, 0.1) is 24.8 Å². The van der Waals surface area contributed by atoms with Crippen molar-refractivity contribution in [1.82, 2.24) is 24.5 Å². The molecule has 0 aliphatic heterocycles. The fourth-order valence-electron chi connectivity index (χ4n) is 4.05. The van der Waals surface area contributed by atoms with E-state index < -0.39 is 17.2 Å². The lowest BCUT2D eigenvalue weighted by molar-refractivity contribution is -0.00734. The van der Waals surface area contributed by atoms with Crippen LogP contribution in [-0.4, -0.2) is 29.7 Å². The van der Waals surface area contributed by atoms with Gasteiger partial charge in [0.25, 0.3) is 0 Å². The molecule has 35 heavy (non-hydrogen) atoms. The zero-order valence-electron chi connectivity index (χ0n) is 18.4. The van der Waals surface area contributed by atoms with E-state index in [2.05, 4.69) is 20.5 Å². The SMILES string of the molecule is OC(Cn1cncn1)(Cn1ncc2cc(NCc3ccc(Cl)cc3)ccc21)c1ccc(F)cc1F. The molecule has 10 heteroatoms. The third kappa shape index (κ3) is 5.01. The summed E-state index contributed by atoms with van der Waals surface area (Å²) >= 11 is 5.94. The molecule has 5 aromatic rings. The maximum absolute atomic E-state index is 14.7. The standard InChI is InChI=1S/C25H21ClF2N6O/c26-19-3-1-17(2-4-19)11-30-21-6-8-24-18(9-21)12-31-34(24)14-25(35,13-33-16-29-15-32-33)22-7-5-20(27)10-23(22)28/h1-10,12,15-16,30,35H,11,13-14H2. The van der Waals surface area contributed by atoms with Crippen LogP contribution < -0.4 is 5.32 Å². The molecule has 3 aromatic carbocycles. The van der Waals surface area contributed by atoms with Crippen LogP contribution in [0, 0.1) is 11.6 Å². The van der Waals surface area contributed by atoms with E-state index in [1.165, 1.54) is 23.4 Å². The van der Waals surface area contributed by atoms with E-state index in [-0.39, 0.29) is 18.7 Å². The van der Waals surface area contributed by atoms with E-state index in [1.54, 1.807) is 10.9 Å². The number of halogens is 3. The normalized spacial score (nSPS) is 13.1. The lowest BCUT2D eigenvalue weighted by Gasteiger charge is -2.29. The van der Waals surface area contributed by atoms with Crippen LogP contribution in [0.2, 0.25) is 5.02 Å². The van der Waals surface area contributed by atoms with E-state index in [0.717, 1.165) is 34.3 Å². The van der Waals surface area contributed by atoms with Gasteiger partial charge in [-0.2, -0.15) is 10.2 Å². The number of aliphatic hydroxyl groups is 1. The lowest BCUT2D eigenvalue weighted by atomic mass is 9.92. The van der Waals surface area contributed by atoms with Crippen LogP contribution in [0.15, 0.2) is 79.5 Å². The Balaban J connectivity index is 1.42. The van der Waals surface area contributed by atoms with E-state index in [4.69, 9.17) is 11.6 Å². The van der Waals surface area contributed by atoms with Gasteiger partial charge in [-0.15, -0.1) is 0 Å². The number of nitrogens with zero attached hydrogens (tertiary/aromatic N) is 5. The summed E-state index contributed by atoms with van der Waals surface area (Å²) in [5, 5.41) is 25.0. The van der Waals surface area contributed by atoms with E-state index in [1.807, 2.05) is 42.5 Å². The van der Waals surface area contributed by atoms with E-state index in [9.17, 15) is 13.9 Å². The highest BCUT2D eigenvalue weighted by atomic mass is 35.5. The monoisotopic (exact) mass is 494 g/mol. The average molecular weight is 495 g/mol. The molecule has 0 aliphatic carbocycles. The Bertz CT molecular complexity index is 1460. The van der Waals surface area contributed by atoms with Gasteiger partial charge < -0.3 is 10.4 Å². The summed E-state index contributed by atoms with van der Waals surface area (Å²) in [7, 11) is 0. The first-order valence-electron chi connectivity index (χ1n) is 10.8. The molecule has 1 atom stereocenters. The molecule has 0 fully saturated rings. The van der Waals surface area contributed by atoms with E-state index >= 15 is 0 Å². The molecular weight excluding hydrogens is 474 g/mol. The molecule has 5 rings (SSSR count). The van der Waals surface area contributed by atoms with Gasteiger partial charge in [0, 0.05) is 34.3 Å². The molecule has 1 unspecified atom stereocenters. The second-order valence-corrected chi connectivity index (χ2v) is 8.74. The molecule has 0 aliphatic rings. The minimum atomic E-state index is -1.77. The molecule has 2 N–H and O–H groups in total. The van der Waals surface area contributed by atoms with Gasteiger partial charge in [0.1, 0.15) is 29.9 Å². The maximum atomic E-state index is 14.7. The van der Waals surface area contributed by atoms with Gasteiger partial charge in [-0.3, -0.25) is 4.68 Å². The first-order chi connectivity index (χ1) is 16.9. The largest absolute Gasteiger partial charge is 0.381 e. The number of rotatable bonds is 8. The zero-order valence-corrected chi connectivity index (χ0v) is 19.2. The van der Waals surface area contributed by atoms with Crippen molar-refractivity contribution >= 4 is 28.2 Å². The van der Waals surface area contributed by atoms with Gasteiger partial charge >= 0.3 is 0 Å². The first kappa shape index (κ1) is 22.9. The van der Waals surface area contributed by atoms with Gasteiger partial charge in [0.15, 0.2) is 0 Å². The van der Waals surface area contributed by atoms with Gasteiger partial charge in [-0.1, -0.05) is 29.8 Å². The van der Waals surface area contributed by atoms with Crippen LogP contribution in [0.3, 0.4) is 0 Å². The highest BCUT2D eigenvalue weighted by molar-refractivity contribution is 6.30. The van der Waals surface area contributed by atoms with Crippen molar-refractivity contribution in [2.24, 2.45) is 0 Å². The summed E-state index contributed by atoms with van der Waals surface area (Å²) in [4.78, 5) is 3.89. The van der Waals surface area contributed by atoms with Crippen molar-refractivity contribution in [3.05, 3.63) is 107 Å². The third-order valence-electron chi connectivity index (χ3n) is 5.79. The number of hydrogen-bond acceptors (Lipinski definition) is 5. The van der Waals surface area contributed by atoms with Crippen LogP contribution in [-0.2, 0) is 25.2 Å². The van der Waals surface area contributed by atoms with Crippen molar-refractivity contribution in [2.75, 3.05) is 5.32 Å². The Morgan fingerprint density at radius 2 is 1.80 bits per heavy atom. The Hall–Kier alpha value is -3.82. The van der Waals surface area contributed by atoms with Crippen LogP contribution in [0.25, 0.3) is 10.9 Å².